The Balaban J connectivity index is 2.16. The van der Waals surface area contributed by atoms with Crippen molar-refractivity contribution in [2.24, 2.45) is 4.99 Å². The van der Waals surface area contributed by atoms with E-state index in [-0.39, 0.29) is 17.7 Å². The largest absolute Gasteiger partial charge is 0.450 e. The summed E-state index contributed by atoms with van der Waals surface area (Å²) in [6.45, 7) is 8.25. The van der Waals surface area contributed by atoms with Gasteiger partial charge in [0.15, 0.2) is 0 Å². The number of amides is 1. The molecule has 1 saturated heterocycles. The van der Waals surface area contributed by atoms with Gasteiger partial charge >= 0.3 is 6.09 Å². The number of thiocarbonyl (C=S) groups is 1. The van der Waals surface area contributed by atoms with E-state index in [4.69, 9.17) is 4.74 Å². The van der Waals surface area contributed by atoms with Gasteiger partial charge < -0.3 is 9.64 Å². The van der Waals surface area contributed by atoms with Crippen molar-refractivity contribution in [3.63, 3.8) is 0 Å². The van der Waals surface area contributed by atoms with E-state index >= 15 is 0 Å². The highest BCUT2D eigenvalue weighted by molar-refractivity contribution is 7.78. The van der Waals surface area contributed by atoms with E-state index in [1.165, 1.54) is 12.1 Å². The number of isothiocyanates is 1. The number of ether oxygens (including phenoxy) is 1. The molecule has 0 bridgehead atoms. The van der Waals surface area contributed by atoms with Crippen molar-refractivity contribution in [1.29, 1.82) is 0 Å². The molecule has 142 valence electrons. The molecule has 0 aromatic heterocycles. The minimum atomic E-state index is -2.58. The number of rotatable bonds is 5. The summed E-state index contributed by atoms with van der Waals surface area (Å²) in [4.78, 5) is 19.7. The highest BCUT2D eigenvalue weighted by Gasteiger charge is 2.28. The zero-order chi connectivity index (χ0) is 19.3. The van der Waals surface area contributed by atoms with Crippen LogP contribution < -0.4 is 0 Å². The molecule has 0 aliphatic carbocycles. The number of piperazine rings is 1. The lowest BCUT2D eigenvalue weighted by Gasteiger charge is -2.39. The molecule has 1 amide bonds. The molecule has 1 atom stereocenters. The van der Waals surface area contributed by atoms with Gasteiger partial charge in [0.2, 0.25) is 0 Å². The summed E-state index contributed by atoms with van der Waals surface area (Å²) in [6, 6.07) is 2.86. The molecule has 1 aliphatic heterocycles. The highest BCUT2D eigenvalue weighted by Crippen LogP contribution is 2.30. The van der Waals surface area contributed by atoms with Gasteiger partial charge in [-0.15, -0.1) is 0 Å². The third kappa shape index (κ3) is 4.84. The molecule has 0 saturated carbocycles. The molecule has 1 aromatic rings. The standard InChI is InChI=1S/C18H23F2N3O2S/c1-4-25-18(24)23-6-5-22(9-12(23)2)10-15-7-14(17(19)20)8-16(13(15)3)21-11-26/h7-8,12,17H,4-6,9-10H2,1-3H3/t12-/m0/s1. The molecule has 0 unspecified atom stereocenters. The summed E-state index contributed by atoms with van der Waals surface area (Å²) in [5.74, 6) is 0. The third-order valence-electron chi connectivity index (χ3n) is 4.54. The molecule has 26 heavy (non-hydrogen) atoms. The summed E-state index contributed by atoms with van der Waals surface area (Å²) in [5.41, 5.74) is 1.94. The normalized spacial score (nSPS) is 17.9. The fourth-order valence-electron chi connectivity index (χ4n) is 3.13. The van der Waals surface area contributed by atoms with Crippen molar-refractivity contribution >= 4 is 29.2 Å². The number of nitrogens with zero attached hydrogens (tertiary/aromatic N) is 3. The zero-order valence-corrected chi connectivity index (χ0v) is 16.0. The second-order valence-electron chi connectivity index (χ2n) is 6.30. The second-order valence-corrected chi connectivity index (χ2v) is 6.49. The summed E-state index contributed by atoms with van der Waals surface area (Å²) in [5, 5.41) is 2.25. The Morgan fingerprint density at radius 1 is 1.46 bits per heavy atom. The van der Waals surface area contributed by atoms with E-state index in [1.54, 1.807) is 11.8 Å². The van der Waals surface area contributed by atoms with E-state index in [9.17, 15) is 13.6 Å². The Labute approximate surface area is 157 Å². The van der Waals surface area contributed by atoms with Gasteiger partial charge in [-0.1, -0.05) is 0 Å². The van der Waals surface area contributed by atoms with Crippen LogP contribution in [0.25, 0.3) is 0 Å². The lowest BCUT2D eigenvalue weighted by atomic mass is 10.0. The van der Waals surface area contributed by atoms with Crippen LogP contribution in [-0.4, -0.2) is 53.3 Å². The van der Waals surface area contributed by atoms with Gasteiger partial charge in [0.25, 0.3) is 6.43 Å². The number of halogens is 2. The maximum atomic E-state index is 13.2. The number of aliphatic imine (C=N–C) groups is 1. The second kappa shape index (κ2) is 9.16. The summed E-state index contributed by atoms with van der Waals surface area (Å²) < 4.78 is 31.5. The molecule has 8 heteroatoms. The highest BCUT2D eigenvalue weighted by atomic mass is 32.1. The lowest BCUT2D eigenvalue weighted by molar-refractivity contribution is 0.0518. The quantitative estimate of drug-likeness (QED) is 0.561. The average Bonchev–Trinajstić information content (AvgIpc) is 2.58. The maximum absolute atomic E-state index is 13.2. The van der Waals surface area contributed by atoms with Crippen molar-refractivity contribution in [2.75, 3.05) is 26.2 Å². The molecular formula is C18H23F2N3O2S. The number of carbonyl (C=O) groups excluding carboxylic acids is 1. The number of benzene rings is 1. The van der Waals surface area contributed by atoms with Crippen molar-refractivity contribution in [1.82, 2.24) is 9.80 Å². The molecular weight excluding hydrogens is 360 g/mol. The van der Waals surface area contributed by atoms with Gasteiger partial charge in [-0.05, 0) is 56.2 Å². The van der Waals surface area contributed by atoms with E-state index < -0.39 is 6.43 Å². The van der Waals surface area contributed by atoms with Crippen LogP contribution in [0.15, 0.2) is 17.1 Å². The smallest absolute Gasteiger partial charge is 0.410 e. The summed E-state index contributed by atoms with van der Waals surface area (Å²) in [6.07, 6.45) is -2.89. The monoisotopic (exact) mass is 383 g/mol. The van der Waals surface area contributed by atoms with Crippen molar-refractivity contribution in [3.8, 4) is 0 Å². The van der Waals surface area contributed by atoms with E-state index in [1.807, 2.05) is 13.8 Å². The number of hydrogen-bond acceptors (Lipinski definition) is 5. The van der Waals surface area contributed by atoms with Crippen LogP contribution in [0, 0.1) is 6.92 Å². The van der Waals surface area contributed by atoms with E-state index in [0.29, 0.717) is 38.5 Å². The van der Waals surface area contributed by atoms with Crippen LogP contribution in [0.5, 0.6) is 0 Å². The van der Waals surface area contributed by atoms with Crippen molar-refractivity contribution in [2.45, 2.75) is 39.8 Å². The Morgan fingerprint density at radius 2 is 2.19 bits per heavy atom. The minimum absolute atomic E-state index is 0.0140. The topological polar surface area (TPSA) is 45.1 Å². The van der Waals surface area contributed by atoms with E-state index in [2.05, 4.69) is 27.3 Å². The molecule has 0 spiro atoms. The first kappa shape index (κ1) is 20.4. The first-order valence-corrected chi connectivity index (χ1v) is 8.93. The molecule has 0 radical (unpaired) electrons. The molecule has 1 aliphatic rings. The number of carbonyl (C=O) groups is 1. The Hall–Kier alpha value is -1.89. The Morgan fingerprint density at radius 3 is 2.77 bits per heavy atom. The fraction of sp³-hybridized carbons (Fsp3) is 0.556. The van der Waals surface area contributed by atoms with Gasteiger partial charge in [0.05, 0.1) is 17.5 Å². The number of hydrogen-bond donors (Lipinski definition) is 0. The molecule has 1 fully saturated rings. The minimum Gasteiger partial charge on any atom is -0.450 e. The van der Waals surface area contributed by atoms with Crippen LogP contribution in [-0.2, 0) is 11.3 Å². The lowest BCUT2D eigenvalue weighted by Crippen LogP contribution is -2.53. The van der Waals surface area contributed by atoms with E-state index in [0.717, 1.165) is 11.1 Å². The fourth-order valence-corrected chi connectivity index (χ4v) is 3.23. The number of alkyl halides is 2. The first-order chi connectivity index (χ1) is 12.4. The molecule has 2 rings (SSSR count). The maximum Gasteiger partial charge on any atom is 0.410 e. The molecule has 1 heterocycles. The van der Waals surface area contributed by atoms with Crippen molar-refractivity contribution < 1.29 is 18.3 Å². The van der Waals surface area contributed by atoms with Crippen LogP contribution in [0.1, 0.15) is 37.0 Å². The predicted octanol–water partition coefficient (Wildman–Crippen LogP) is 4.33. The molecule has 5 nitrogen and oxygen atoms in total. The van der Waals surface area contributed by atoms with Gasteiger partial charge in [0.1, 0.15) is 0 Å². The van der Waals surface area contributed by atoms with Gasteiger partial charge in [-0.2, -0.15) is 4.99 Å². The average molecular weight is 383 g/mol. The third-order valence-corrected chi connectivity index (χ3v) is 4.63. The van der Waals surface area contributed by atoms with Crippen LogP contribution in [0.4, 0.5) is 19.3 Å². The molecule has 1 aromatic carbocycles. The summed E-state index contributed by atoms with van der Waals surface area (Å²) >= 11 is 4.62. The summed E-state index contributed by atoms with van der Waals surface area (Å²) in [7, 11) is 0. The van der Waals surface area contributed by atoms with Gasteiger partial charge in [-0.25, -0.2) is 13.6 Å². The van der Waals surface area contributed by atoms with Crippen molar-refractivity contribution in [3.05, 3.63) is 28.8 Å². The molecule has 0 N–H and O–H groups in total. The Bertz CT molecular complexity index is 708. The SMILES string of the molecule is CCOC(=O)N1CCN(Cc2cc(C(F)F)cc(N=C=S)c2C)C[C@@H]1C. The zero-order valence-electron chi connectivity index (χ0n) is 15.2. The first-order valence-electron chi connectivity index (χ1n) is 8.52. The van der Waals surface area contributed by atoms with Crippen LogP contribution >= 0.6 is 12.2 Å². The Kier molecular flexibility index (Phi) is 7.20. The van der Waals surface area contributed by atoms with Crippen LogP contribution in [0.3, 0.4) is 0 Å². The predicted molar refractivity (Wildman–Crippen MR) is 99.3 cm³/mol. The van der Waals surface area contributed by atoms with Gasteiger partial charge in [0, 0.05) is 37.8 Å². The van der Waals surface area contributed by atoms with Gasteiger partial charge in [-0.3, -0.25) is 4.90 Å². The van der Waals surface area contributed by atoms with Crippen LogP contribution in [0.2, 0.25) is 0 Å².